The van der Waals surface area contributed by atoms with Gasteiger partial charge in [-0.1, -0.05) is 6.07 Å². The molecule has 0 radical (unpaired) electrons. The van der Waals surface area contributed by atoms with Crippen LogP contribution in [0.4, 0.5) is 5.69 Å². The molecule has 22 heavy (non-hydrogen) atoms. The zero-order valence-electron chi connectivity index (χ0n) is 12.7. The molecule has 1 aliphatic heterocycles. The average molecular weight is 327 g/mol. The SMILES string of the molecule is CN(C)S(=O)(=O)c1cccc(NC(=O)CC2CNCCO2)c1. The van der Waals surface area contributed by atoms with E-state index in [0.29, 0.717) is 18.8 Å². The van der Waals surface area contributed by atoms with Crippen LogP contribution in [0.5, 0.6) is 0 Å². The third-order valence-corrected chi connectivity index (χ3v) is 5.12. The number of sulfonamides is 1. The third kappa shape index (κ3) is 4.26. The molecular weight excluding hydrogens is 306 g/mol. The van der Waals surface area contributed by atoms with Crippen LogP contribution >= 0.6 is 0 Å². The fraction of sp³-hybridized carbons (Fsp3) is 0.500. The van der Waals surface area contributed by atoms with Crippen LogP contribution in [0.2, 0.25) is 0 Å². The second kappa shape index (κ2) is 7.19. The maximum Gasteiger partial charge on any atom is 0.242 e. The van der Waals surface area contributed by atoms with Gasteiger partial charge in [0.2, 0.25) is 15.9 Å². The minimum Gasteiger partial charge on any atom is -0.375 e. The maximum atomic E-state index is 12.1. The standard InChI is InChI=1S/C14H21N3O4S/c1-17(2)22(19,20)13-5-3-4-11(8-13)16-14(18)9-12-10-15-6-7-21-12/h3-5,8,12,15H,6-7,9-10H2,1-2H3,(H,16,18). The molecule has 0 aromatic heterocycles. The number of amides is 1. The topological polar surface area (TPSA) is 87.7 Å². The lowest BCUT2D eigenvalue weighted by Gasteiger charge is -2.23. The molecule has 0 spiro atoms. The molecule has 1 aromatic carbocycles. The Kier molecular flexibility index (Phi) is 5.52. The molecule has 1 amide bonds. The van der Waals surface area contributed by atoms with Crippen molar-refractivity contribution in [2.75, 3.05) is 39.1 Å². The summed E-state index contributed by atoms with van der Waals surface area (Å²) in [5.74, 6) is -0.201. The number of nitrogens with zero attached hydrogens (tertiary/aromatic N) is 1. The molecule has 1 heterocycles. The van der Waals surface area contributed by atoms with Gasteiger partial charge in [-0.25, -0.2) is 12.7 Å². The minimum atomic E-state index is -3.52. The van der Waals surface area contributed by atoms with Crippen LogP contribution in [0.15, 0.2) is 29.2 Å². The average Bonchev–Trinajstić information content (AvgIpc) is 2.48. The zero-order chi connectivity index (χ0) is 16.2. The first kappa shape index (κ1) is 16.9. The molecule has 1 atom stereocenters. The Morgan fingerprint density at radius 1 is 1.45 bits per heavy atom. The number of carbonyl (C=O) groups is 1. The summed E-state index contributed by atoms with van der Waals surface area (Å²) in [5.41, 5.74) is 0.455. The van der Waals surface area contributed by atoms with Crippen molar-refractivity contribution in [3.8, 4) is 0 Å². The van der Waals surface area contributed by atoms with Gasteiger partial charge < -0.3 is 15.4 Å². The van der Waals surface area contributed by atoms with Gasteiger partial charge in [-0.15, -0.1) is 0 Å². The summed E-state index contributed by atoms with van der Waals surface area (Å²) >= 11 is 0. The van der Waals surface area contributed by atoms with Gasteiger partial charge in [0.15, 0.2) is 0 Å². The first-order valence-electron chi connectivity index (χ1n) is 7.04. The molecule has 2 rings (SSSR count). The van der Waals surface area contributed by atoms with Gasteiger partial charge in [0.1, 0.15) is 0 Å². The van der Waals surface area contributed by atoms with E-state index in [1.165, 1.54) is 26.2 Å². The molecule has 0 saturated carbocycles. The van der Waals surface area contributed by atoms with E-state index in [0.717, 1.165) is 10.8 Å². The van der Waals surface area contributed by atoms with Crippen molar-refractivity contribution in [1.82, 2.24) is 9.62 Å². The molecule has 0 aliphatic carbocycles. The molecule has 2 N–H and O–H groups in total. The van der Waals surface area contributed by atoms with Crippen LogP contribution in [0.25, 0.3) is 0 Å². The quantitative estimate of drug-likeness (QED) is 0.810. The van der Waals surface area contributed by atoms with Gasteiger partial charge in [-0.2, -0.15) is 0 Å². The van der Waals surface area contributed by atoms with E-state index < -0.39 is 10.0 Å². The van der Waals surface area contributed by atoms with Crippen molar-refractivity contribution in [2.45, 2.75) is 17.4 Å². The largest absolute Gasteiger partial charge is 0.375 e. The van der Waals surface area contributed by atoms with Crippen molar-refractivity contribution in [2.24, 2.45) is 0 Å². The van der Waals surface area contributed by atoms with Gasteiger partial charge in [-0.3, -0.25) is 4.79 Å². The summed E-state index contributed by atoms with van der Waals surface area (Å²) in [6.45, 7) is 2.03. The summed E-state index contributed by atoms with van der Waals surface area (Å²) in [7, 11) is -0.583. The van der Waals surface area contributed by atoms with Crippen molar-refractivity contribution in [3.63, 3.8) is 0 Å². The predicted octanol–water partition coefficient (Wildman–Crippen LogP) is 0.254. The summed E-state index contributed by atoms with van der Waals surface area (Å²) < 4.78 is 30.7. The first-order chi connectivity index (χ1) is 10.4. The van der Waals surface area contributed by atoms with Crippen LogP contribution in [0, 0.1) is 0 Å². The molecule has 1 unspecified atom stereocenters. The Bertz CT molecular complexity index is 625. The number of benzene rings is 1. The second-order valence-electron chi connectivity index (χ2n) is 5.26. The number of carbonyl (C=O) groups excluding carboxylic acids is 1. The van der Waals surface area contributed by atoms with E-state index in [9.17, 15) is 13.2 Å². The Morgan fingerprint density at radius 3 is 2.86 bits per heavy atom. The van der Waals surface area contributed by atoms with E-state index in [-0.39, 0.29) is 23.3 Å². The lowest BCUT2D eigenvalue weighted by molar-refractivity contribution is -0.119. The highest BCUT2D eigenvalue weighted by Gasteiger charge is 2.19. The number of hydrogen-bond donors (Lipinski definition) is 2. The van der Waals surface area contributed by atoms with Gasteiger partial charge in [0.25, 0.3) is 0 Å². The number of nitrogens with one attached hydrogen (secondary N) is 2. The monoisotopic (exact) mass is 327 g/mol. The fourth-order valence-corrected chi connectivity index (χ4v) is 3.06. The smallest absolute Gasteiger partial charge is 0.242 e. The molecule has 1 saturated heterocycles. The van der Waals surface area contributed by atoms with Gasteiger partial charge >= 0.3 is 0 Å². The number of ether oxygens (including phenoxy) is 1. The molecule has 0 bridgehead atoms. The Labute approximate surface area is 130 Å². The van der Waals surface area contributed by atoms with Crippen molar-refractivity contribution < 1.29 is 17.9 Å². The summed E-state index contributed by atoms with van der Waals surface area (Å²) in [6, 6.07) is 6.21. The fourth-order valence-electron chi connectivity index (χ4n) is 2.11. The number of morpholine rings is 1. The van der Waals surface area contributed by atoms with Gasteiger partial charge in [-0.05, 0) is 18.2 Å². The first-order valence-corrected chi connectivity index (χ1v) is 8.48. The Morgan fingerprint density at radius 2 is 2.23 bits per heavy atom. The summed E-state index contributed by atoms with van der Waals surface area (Å²) in [5, 5.41) is 5.87. The zero-order valence-corrected chi connectivity index (χ0v) is 13.5. The summed E-state index contributed by atoms with van der Waals surface area (Å²) in [4.78, 5) is 12.1. The lowest BCUT2D eigenvalue weighted by atomic mass is 10.2. The van der Waals surface area contributed by atoms with Gasteiger partial charge in [0, 0.05) is 32.9 Å². The number of rotatable bonds is 5. The molecular formula is C14H21N3O4S. The highest BCUT2D eigenvalue weighted by atomic mass is 32.2. The summed E-state index contributed by atoms with van der Waals surface area (Å²) in [6.07, 6.45) is 0.0833. The van der Waals surface area contributed by atoms with E-state index >= 15 is 0 Å². The van der Waals surface area contributed by atoms with Crippen LogP contribution in [0.1, 0.15) is 6.42 Å². The van der Waals surface area contributed by atoms with Crippen molar-refractivity contribution in [3.05, 3.63) is 24.3 Å². The molecule has 1 aromatic rings. The van der Waals surface area contributed by atoms with Crippen LogP contribution in [-0.2, 0) is 19.6 Å². The lowest BCUT2D eigenvalue weighted by Crippen LogP contribution is -2.40. The molecule has 1 aliphatic rings. The van der Waals surface area contributed by atoms with Crippen LogP contribution in [0.3, 0.4) is 0 Å². The third-order valence-electron chi connectivity index (χ3n) is 3.31. The predicted molar refractivity (Wildman–Crippen MR) is 83.2 cm³/mol. The maximum absolute atomic E-state index is 12.1. The van der Waals surface area contributed by atoms with Gasteiger partial charge in [0.05, 0.1) is 24.0 Å². The van der Waals surface area contributed by atoms with Crippen LogP contribution in [-0.4, -0.2) is 58.5 Å². The van der Waals surface area contributed by atoms with E-state index in [2.05, 4.69) is 10.6 Å². The second-order valence-corrected chi connectivity index (χ2v) is 7.42. The molecule has 8 heteroatoms. The van der Waals surface area contributed by atoms with Crippen LogP contribution < -0.4 is 10.6 Å². The molecule has 122 valence electrons. The Hall–Kier alpha value is -1.48. The molecule has 7 nitrogen and oxygen atoms in total. The normalized spacial score (nSPS) is 19.1. The minimum absolute atomic E-state index is 0.144. The van der Waals surface area contributed by atoms with E-state index in [4.69, 9.17) is 4.74 Å². The van der Waals surface area contributed by atoms with Crippen molar-refractivity contribution in [1.29, 1.82) is 0 Å². The van der Waals surface area contributed by atoms with E-state index in [1.807, 2.05) is 0 Å². The molecule has 1 fully saturated rings. The van der Waals surface area contributed by atoms with Crippen molar-refractivity contribution >= 4 is 21.6 Å². The highest BCUT2D eigenvalue weighted by molar-refractivity contribution is 7.89. The van der Waals surface area contributed by atoms with E-state index in [1.54, 1.807) is 12.1 Å². The number of hydrogen-bond acceptors (Lipinski definition) is 5. The highest BCUT2D eigenvalue weighted by Crippen LogP contribution is 2.18. The Balaban J connectivity index is 2.02. The number of anilines is 1.